The van der Waals surface area contributed by atoms with Crippen molar-refractivity contribution in [2.45, 2.75) is 0 Å². The quantitative estimate of drug-likeness (QED) is 0.732. The molecule has 68 valence electrons. The molecule has 1 rings (SSSR count). The fourth-order valence-corrected chi connectivity index (χ4v) is 1.06. The molecule has 0 aliphatic rings. The van der Waals surface area contributed by atoms with Gasteiger partial charge in [0, 0.05) is 18.4 Å². The first-order valence-corrected chi connectivity index (χ1v) is 4.12. The van der Waals surface area contributed by atoms with Crippen molar-refractivity contribution in [1.82, 2.24) is 5.32 Å². The average molecular weight is 174 g/mol. The minimum Gasteiger partial charge on any atom is -0.388 e. The smallest absolute Gasteiger partial charge is 0.0386 e. The molecular formula is C11H14N2. The molecule has 2 nitrogen and oxygen atoms in total. The van der Waals surface area contributed by atoms with E-state index in [4.69, 9.17) is 0 Å². The largest absolute Gasteiger partial charge is 0.388 e. The molecule has 0 amide bonds. The van der Waals surface area contributed by atoms with Gasteiger partial charge in [0.15, 0.2) is 0 Å². The Morgan fingerprint density at radius 2 is 2.23 bits per heavy atom. The number of hydrogen-bond acceptors (Lipinski definition) is 2. The van der Waals surface area contributed by atoms with Gasteiger partial charge in [-0.3, -0.25) is 0 Å². The summed E-state index contributed by atoms with van der Waals surface area (Å²) >= 11 is 0. The molecule has 0 aliphatic carbocycles. The maximum absolute atomic E-state index is 3.88. The zero-order chi connectivity index (χ0) is 9.68. The van der Waals surface area contributed by atoms with Crippen molar-refractivity contribution in [3.05, 3.63) is 49.2 Å². The van der Waals surface area contributed by atoms with Crippen LogP contribution < -0.4 is 10.6 Å². The van der Waals surface area contributed by atoms with Crippen LogP contribution in [0.4, 0.5) is 5.69 Å². The van der Waals surface area contributed by atoms with Crippen molar-refractivity contribution >= 4 is 11.4 Å². The van der Waals surface area contributed by atoms with Gasteiger partial charge in [0.05, 0.1) is 0 Å². The number of nitrogens with one attached hydrogen (secondary N) is 2. The molecule has 0 spiro atoms. The van der Waals surface area contributed by atoms with Gasteiger partial charge >= 0.3 is 0 Å². The lowest BCUT2D eigenvalue weighted by Crippen LogP contribution is -2.02. The standard InChI is InChI=1S/C11H14N2/c1-4-13-11-7-5-6-10(8-11)9(2)12-3/h4-8,12-13H,1-2H2,3H3. The Kier molecular flexibility index (Phi) is 3.15. The molecule has 0 saturated heterocycles. The van der Waals surface area contributed by atoms with Crippen LogP contribution in [-0.4, -0.2) is 7.05 Å². The Morgan fingerprint density at radius 1 is 1.46 bits per heavy atom. The van der Waals surface area contributed by atoms with Gasteiger partial charge in [0.1, 0.15) is 0 Å². The Hall–Kier alpha value is -1.70. The first-order valence-electron chi connectivity index (χ1n) is 4.12. The van der Waals surface area contributed by atoms with Gasteiger partial charge < -0.3 is 10.6 Å². The lowest BCUT2D eigenvalue weighted by atomic mass is 10.1. The van der Waals surface area contributed by atoms with Crippen molar-refractivity contribution in [3.8, 4) is 0 Å². The monoisotopic (exact) mass is 174 g/mol. The molecule has 0 radical (unpaired) electrons. The van der Waals surface area contributed by atoms with Crippen LogP contribution in [0.5, 0.6) is 0 Å². The van der Waals surface area contributed by atoms with Gasteiger partial charge in [-0.05, 0) is 23.9 Å². The molecule has 0 bridgehead atoms. The minimum atomic E-state index is 0.910. The second-order valence-corrected chi connectivity index (χ2v) is 2.66. The van der Waals surface area contributed by atoms with Crippen LogP contribution in [0.25, 0.3) is 5.70 Å². The summed E-state index contributed by atoms with van der Waals surface area (Å²) in [6.45, 7) is 7.48. The zero-order valence-corrected chi connectivity index (χ0v) is 7.80. The number of anilines is 1. The average Bonchev–Trinajstić information content (AvgIpc) is 2.18. The lowest BCUT2D eigenvalue weighted by Gasteiger charge is -2.06. The van der Waals surface area contributed by atoms with Crippen LogP contribution in [0, 0.1) is 0 Å². The lowest BCUT2D eigenvalue weighted by molar-refractivity contribution is 1.13. The molecule has 1 aromatic carbocycles. The first-order chi connectivity index (χ1) is 6.27. The highest BCUT2D eigenvalue weighted by molar-refractivity contribution is 5.65. The van der Waals surface area contributed by atoms with Crippen LogP contribution in [0.2, 0.25) is 0 Å². The van der Waals surface area contributed by atoms with E-state index >= 15 is 0 Å². The highest BCUT2D eigenvalue weighted by atomic mass is 14.8. The number of benzene rings is 1. The highest BCUT2D eigenvalue weighted by Gasteiger charge is 1.96. The highest BCUT2D eigenvalue weighted by Crippen LogP contribution is 2.14. The van der Waals surface area contributed by atoms with Crippen molar-refractivity contribution in [1.29, 1.82) is 0 Å². The maximum atomic E-state index is 3.88. The van der Waals surface area contributed by atoms with Crippen molar-refractivity contribution in [2.75, 3.05) is 12.4 Å². The summed E-state index contributed by atoms with van der Waals surface area (Å²) in [5, 5.41) is 6.02. The van der Waals surface area contributed by atoms with Crippen LogP contribution in [0.3, 0.4) is 0 Å². The topological polar surface area (TPSA) is 24.1 Å². The van der Waals surface area contributed by atoms with Crippen LogP contribution in [0.1, 0.15) is 5.56 Å². The second kappa shape index (κ2) is 4.36. The van der Waals surface area contributed by atoms with Crippen molar-refractivity contribution < 1.29 is 0 Å². The van der Waals surface area contributed by atoms with E-state index in [1.165, 1.54) is 0 Å². The van der Waals surface area contributed by atoms with E-state index in [1.807, 2.05) is 31.3 Å². The summed E-state index contributed by atoms with van der Waals surface area (Å²) in [6, 6.07) is 7.98. The van der Waals surface area contributed by atoms with Gasteiger partial charge in [-0.25, -0.2) is 0 Å². The molecule has 0 saturated carbocycles. The van der Waals surface area contributed by atoms with Crippen molar-refractivity contribution in [3.63, 3.8) is 0 Å². The summed E-state index contributed by atoms with van der Waals surface area (Å²) in [7, 11) is 1.86. The van der Waals surface area contributed by atoms with Gasteiger partial charge in [-0.1, -0.05) is 25.3 Å². The predicted molar refractivity (Wildman–Crippen MR) is 58.4 cm³/mol. The summed E-state index contributed by atoms with van der Waals surface area (Å²) in [4.78, 5) is 0. The minimum absolute atomic E-state index is 0.910. The normalized spacial score (nSPS) is 9.00. The summed E-state index contributed by atoms with van der Waals surface area (Å²) in [6.07, 6.45) is 1.65. The molecular weight excluding hydrogens is 160 g/mol. The molecule has 0 aliphatic heterocycles. The third-order valence-corrected chi connectivity index (χ3v) is 1.78. The molecule has 2 N–H and O–H groups in total. The number of hydrogen-bond donors (Lipinski definition) is 2. The third kappa shape index (κ3) is 2.37. The zero-order valence-electron chi connectivity index (χ0n) is 7.80. The summed E-state index contributed by atoms with van der Waals surface area (Å²) in [5.41, 5.74) is 3.01. The predicted octanol–water partition coefficient (Wildman–Crippen LogP) is 2.43. The van der Waals surface area contributed by atoms with Gasteiger partial charge in [-0.2, -0.15) is 0 Å². The van der Waals surface area contributed by atoms with E-state index in [0.717, 1.165) is 16.9 Å². The molecule has 2 heteroatoms. The fraction of sp³-hybridized carbons (Fsp3) is 0.0909. The van der Waals surface area contributed by atoms with E-state index in [0.29, 0.717) is 0 Å². The van der Waals surface area contributed by atoms with E-state index in [2.05, 4.69) is 23.8 Å². The summed E-state index contributed by atoms with van der Waals surface area (Å²) in [5.74, 6) is 0. The van der Waals surface area contributed by atoms with Crippen LogP contribution in [-0.2, 0) is 0 Å². The second-order valence-electron chi connectivity index (χ2n) is 2.66. The van der Waals surface area contributed by atoms with Gasteiger partial charge in [-0.15, -0.1) is 0 Å². The molecule has 0 atom stereocenters. The van der Waals surface area contributed by atoms with Gasteiger partial charge in [0.25, 0.3) is 0 Å². The van der Waals surface area contributed by atoms with E-state index in [1.54, 1.807) is 6.20 Å². The van der Waals surface area contributed by atoms with Crippen molar-refractivity contribution in [2.24, 2.45) is 0 Å². The summed E-state index contributed by atoms with van der Waals surface area (Å²) < 4.78 is 0. The third-order valence-electron chi connectivity index (χ3n) is 1.78. The molecule has 0 heterocycles. The number of rotatable bonds is 4. The molecule has 0 aromatic heterocycles. The Labute approximate surface area is 79.0 Å². The van der Waals surface area contributed by atoms with E-state index < -0.39 is 0 Å². The fourth-order valence-electron chi connectivity index (χ4n) is 1.06. The Balaban J connectivity index is 2.90. The SMILES string of the molecule is C=CNc1cccc(C(=C)NC)c1. The van der Waals surface area contributed by atoms with Gasteiger partial charge in [0.2, 0.25) is 0 Å². The van der Waals surface area contributed by atoms with Crippen LogP contribution >= 0.6 is 0 Å². The molecule has 1 aromatic rings. The first kappa shape index (κ1) is 9.39. The van der Waals surface area contributed by atoms with Crippen LogP contribution in [0.15, 0.2) is 43.6 Å². The Bertz CT molecular complexity index is 316. The van der Waals surface area contributed by atoms with E-state index in [-0.39, 0.29) is 0 Å². The Morgan fingerprint density at radius 3 is 2.85 bits per heavy atom. The molecule has 0 fully saturated rings. The molecule has 13 heavy (non-hydrogen) atoms. The maximum Gasteiger partial charge on any atom is 0.0386 e. The molecule has 0 unspecified atom stereocenters. The van der Waals surface area contributed by atoms with E-state index in [9.17, 15) is 0 Å².